The molecule has 0 N–H and O–H groups in total. The number of aryl methyl sites for hydroxylation is 4. The third-order valence-electron chi connectivity index (χ3n) is 5.70. The molecule has 4 rings (SSSR count). The predicted octanol–water partition coefficient (Wildman–Crippen LogP) is 5.47. The Morgan fingerprint density at radius 2 is 1.67 bits per heavy atom. The van der Waals surface area contributed by atoms with E-state index < -0.39 is 5.41 Å². The number of carbonyl (C=O) groups excluding carboxylic acids is 2. The highest BCUT2D eigenvalue weighted by Gasteiger charge is 2.53. The van der Waals surface area contributed by atoms with Gasteiger partial charge in [-0.2, -0.15) is 0 Å². The molecule has 154 valence electrons. The van der Waals surface area contributed by atoms with Crippen molar-refractivity contribution >= 4 is 45.4 Å². The van der Waals surface area contributed by atoms with E-state index in [1.807, 2.05) is 52.0 Å². The van der Waals surface area contributed by atoms with E-state index in [0.717, 1.165) is 30.9 Å². The number of thiophene rings is 1. The summed E-state index contributed by atoms with van der Waals surface area (Å²) in [5.74, 6) is 0.282. The van der Waals surface area contributed by atoms with Gasteiger partial charge in [0.15, 0.2) is 11.6 Å². The molecule has 0 saturated heterocycles. The van der Waals surface area contributed by atoms with Gasteiger partial charge in [-0.05, 0) is 63.9 Å². The summed E-state index contributed by atoms with van der Waals surface area (Å²) < 4.78 is 5.36. The fourth-order valence-corrected chi connectivity index (χ4v) is 6.04. The third kappa shape index (κ3) is 2.97. The van der Waals surface area contributed by atoms with Gasteiger partial charge in [0.1, 0.15) is 11.2 Å². The van der Waals surface area contributed by atoms with Gasteiger partial charge < -0.3 is 4.74 Å². The van der Waals surface area contributed by atoms with E-state index in [2.05, 4.69) is 4.98 Å². The number of rotatable bonds is 4. The van der Waals surface area contributed by atoms with Crippen LogP contribution in [0.5, 0.6) is 5.75 Å². The van der Waals surface area contributed by atoms with Crippen molar-refractivity contribution in [3.63, 3.8) is 0 Å². The first-order chi connectivity index (χ1) is 14.2. The number of ether oxygens (including phenoxy) is 1. The average molecular weight is 438 g/mol. The van der Waals surface area contributed by atoms with Crippen LogP contribution in [0.15, 0.2) is 30.3 Å². The Bertz CT molecular complexity index is 1160. The molecule has 6 heteroatoms. The normalized spacial score (nSPS) is 19.1. The smallest absolute Gasteiger partial charge is 0.183 e. The van der Waals surface area contributed by atoms with Crippen LogP contribution in [0, 0.1) is 27.7 Å². The predicted molar refractivity (Wildman–Crippen MR) is 123 cm³/mol. The number of hydrogen-bond donors (Lipinski definition) is 0. The Kier molecular flexibility index (Phi) is 5.03. The highest BCUT2D eigenvalue weighted by Crippen LogP contribution is 2.49. The molecular formula is C24H23NO3S2. The maximum absolute atomic E-state index is 14.0. The Hall–Kier alpha value is -2.57. The van der Waals surface area contributed by atoms with Crippen LogP contribution in [0.25, 0.3) is 11.1 Å². The minimum absolute atomic E-state index is 0.165. The van der Waals surface area contributed by atoms with Crippen molar-refractivity contribution in [1.82, 2.24) is 4.98 Å². The van der Waals surface area contributed by atoms with Gasteiger partial charge in [-0.15, -0.1) is 22.7 Å². The van der Waals surface area contributed by atoms with Crippen molar-refractivity contribution in [3.05, 3.63) is 66.8 Å². The molecule has 30 heavy (non-hydrogen) atoms. The quantitative estimate of drug-likeness (QED) is 0.508. The number of hydrogen-bond acceptors (Lipinski definition) is 6. The van der Waals surface area contributed by atoms with Gasteiger partial charge in [0.25, 0.3) is 0 Å². The van der Waals surface area contributed by atoms with Gasteiger partial charge in [-0.1, -0.05) is 12.1 Å². The van der Waals surface area contributed by atoms with Gasteiger partial charge in [-0.3, -0.25) is 9.59 Å². The highest BCUT2D eigenvalue weighted by molar-refractivity contribution is 7.13. The zero-order valence-electron chi connectivity index (χ0n) is 17.9. The Balaban J connectivity index is 2.01. The topological polar surface area (TPSA) is 56.3 Å². The Morgan fingerprint density at radius 3 is 2.23 bits per heavy atom. The fraction of sp³-hybridized carbons (Fsp3) is 0.292. The molecule has 1 unspecified atom stereocenters. The molecule has 3 aromatic rings. The second kappa shape index (κ2) is 7.29. The molecule has 0 amide bonds. The average Bonchev–Trinajstić information content (AvgIpc) is 3.29. The van der Waals surface area contributed by atoms with Crippen molar-refractivity contribution in [3.8, 4) is 5.75 Å². The maximum atomic E-state index is 14.0. The van der Waals surface area contributed by atoms with Crippen molar-refractivity contribution in [1.29, 1.82) is 0 Å². The van der Waals surface area contributed by atoms with E-state index in [9.17, 15) is 9.59 Å². The summed E-state index contributed by atoms with van der Waals surface area (Å²) in [6, 6.07) is 9.26. The second-order valence-electron chi connectivity index (χ2n) is 7.74. The van der Waals surface area contributed by atoms with Gasteiger partial charge in [0, 0.05) is 20.9 Å². The van der Waals surface area contributed by atoms with E-state index >= 15 is 0 Å². The van der Waals surface area contributed by atoms with E-state index in [0.29, 0.717) is 22.5 Å². The molecule has 2 heterocycles. The van der Waals surface area contributed by atoms with E-state index in [4.69, 9.17) is 4.74 Å². The number of aromatic nitrogens is 1. The van der Waals surface area contributed by atoms with Crippen LogP contribution in [0.4, 0.5) is 0 Å². The number of nitrogens with zero attached hydrogens (tertiary/aromatic N) is 1. The van der Waals surface area contributed by atoms with E-state index in [1.54, 1.807) is 31.4 Å². The molecule has 0 radical (unpaired) electrons. The minimum Gasteiger partial charge on any atom is -0.497 e. The zero-order chi connectivity index (χ0) is 21.8. The number of ketones is 2. The van der Waals surface area contributed by atoms with Crippen LogP contribution in [0.3, 0.4) is 0 Å². The van der Waals surface area contributed by atoms with E-state index in [-0.39, 0.29) is 11.6 Å². The van der Waals surface area contributed by atoms with Crippen LogP contribution in [0.2, 0.25) is 0 Å². The number of benzene rings is 1. The Morgan fingerprint density at radius 1 is 0.967 bits per heavy atom. The summed E-state index contributed by atoms with van der Waals surface area (Å²) in [6.07, 6.45) is 0. The molecule has 1 aliphatic rings. The zero-order valence-corrected chi connectivity index (χ0v) is 19.5. The molecule has 4 nitrogen and oxygen atoms in total. The van der Waals surface area contributed by atoms with Gasteiger partial charge in [0.05, 0.1) is 22.7 Å². The van der Waals surface area contributed by atoms with Crippen molar-refractivity contribution in [2.24, 2.45) is 0 Å². The summed E-state index contributed by atoms with van der Waals surface area (Å²) in [6.45, 7) is 9.57. The molecule has 1 aliphatic carbocycles. The number of Topliss-reactive ketones (excluding diaryl/α,β-unsaturated/α-hetero) is 2. The van der Waals surface area contributed by atoms with Crippen molar-refractivity contribution in [2.45, 2.75) is 40.0 Å². The van der Waals surface area contributed by atoms with Crippen LogP contribution < -0.4 is 4.74 Å². The summed E-state index contributed by atoms with van der Waals surface area (Å²) in [5.41, 5.74) is 1.99. The molecule has 0 saturated carbocycles. The number of allylic oxidation sites excluding steroid dienone is 2. The molecule has 2 aromatic heterocycles. The first-order valence-corrected chi connectivity index (χ1v) is 11.3. The van der Waals surface area contributed by atoms with Gasteiger partial charge in [0.2, 0.25) is 0 Å². The maximum Gasteiger partial charge on any atom is 0.183 e. The molecule has 0 aliphatic heterocycles. The second-order valence-corrected chi connectivity index (χ2v) is 10.4. The molecule has 0 fully saturated rings. The van der Waals surface area contributed by atoms with E-state index in [1.165, 1.54) is 11.3 Å². The van der Waals surface area contributed by atoms with Crippen LogP contribution in [-0.4, -0.2) is 23.7 Å². The molecule has 1 atom stereocenters. The lowest BCUT2D eigenvalue weighted by Gasteiger charge is -2.22. The van der Waals surface area contributed by atoms with Crippen LogP contribution >= 0.6 is 22.7 Å². The Labute approximate surface area is 184 Å². The lowest BCUT2D eigenvalue weighted by molar-refractivity contribution is -0.126. The number of methoxy groups -OCH3 is 1. The van der Waals surface area contributed by atoms with Crippen molar-refractivity contribution in [2.75, 3.05) is 7.11 Å². The lowest BCUT2D eigenvalue weighted by Crippen LogP contribution is -2.36. The molecule has 1 aromatic carbocycles. The van der Waals surface area contributed by atoms with Crippen LogP contribution in [-0.2, 0) is 15.0 Å². The van der Waals surface area contributed by atoms with Gasteiger partial charge in [-0.25, -0.2) is 4.98 Å². The molecule has 0 bridgehead atoms. The number of thiazole rings is 1. The standard InChI is InChI=1S/C24H23NO3S2/c1-12-10-18(14(3)29-12)19-20(21-13(2)25-15(4)30-21)23(27)24(5,22(19)26)16-8-7-9-17(11-16)28-6/h7-11H,1-6H3. The lowest BCUT2D eigenvalue weighted by atomic mass is 9.76. The summed E-state index contributed by atoms with van der Waals surface area (Å²) in [7, 11) is 1.58. The SMILES string of the molecule is COc1cccc(C2(C)C(=O)C(c3cc(C)sc3C)=C(c3sc(C)nc3C)C2=O)c1. The van der Waals surface area contributed by atoms with Gasteiger partial charge >= 0.3 is 0 Å². The molecular weight excluding hydrogens is 414 g/mol. The summed E-state index contributed by atoms with van der Waals surface area (Å²) >= 11 is 3.11. The first kappa shape index (κ1) is 20.7. The summed E-state index contributed by atoms with van der Waals surface area (Å²) in [5, 5.41) is 0.878. The first-order valence-electron chi connectivity index (χ1n) is 9.68. The van der Waals surface area contributed by atoms with Crippen LogP contribution in [0.1, 0.15) is 43.4 Å². The third-order valence-corrected chi connectivity index (χ3v) is 7.76. The van der Waals surface area contributed by atoms with Crippen molar-refractivity contribution < 1.29 is 14.3 Å². The molecule has 0 spiro atoms. The minimum atomic E-state index is -1.30. The monoisotopic (exact) mass is 437 g/mol. The summed E-state index contributed by atoms with van der Waals surface area (Å²) in [4.78, 5) is 35.4. The fourth-order valence-electron chi connectivity index (χ4n) is 4.14. The number of carbonyl (C=O) groups is 2. The highest BCUT2D eigenvalue weighted by atomic mass is 32.1. The largest absolute Gasteiger partial charge is 0.497 e.